The van der Waals surface area contributed by atoms with Gasteiger partial charge in [0.05, 0.1) is 18.8 Å². The highest BCUT2D eigenvalue weighted by atomic mass is 32.1. The number of methoxy groups -OCH3 is 1. The van der Waals surface area contributed by atoms with Crippen LogP contribution < -0.4 is 10.6 Å². The topological polar surface area (TPSA) is 80.7 Å². The third-order valence-corrected chi connectivity index (χ3v) is 4.62. The van der Waals surface area contributed by atoms with Crippen LogP contribution in [0, 0.1) is 0 Å². The molecule has 2 N–H and O–H groups in total. The van der Waals surface area contributed by atoms with Crippen molar-refractivity contribution in [1.29, 1.82) is 0 Å². The van der Waals surface area contributed by atoms with Crippen LogP contribution in [-0.2, 0) is 16.5 Å². The average molecular weight is 398 g/mol. The Hall–Kier alpha value is -1.87. The lowest BCUT2D eigenvalue weighted by Crippen LogP contribution is -2.46. The Morgan fingerprint density at radius 3 is 2.70 bits per heavy atom. The minimum absolute atomic E-state index is 0.0729. The van der Waals surface area contributed by atoms with E-state index in [1.54, 1.807) is 11.8 Å². The van der Waals surface area contributed by atoms with Gasteiger partial charge in [0.15, 0.2) is 5.11 Å². The minimum Gasteiger partial charge on any atom is -0.444 e. The summed E-state index contributed by atoms with van der Waals surface area (Å²) in [5.74, 6) is 0.0729. The summed E-state index contributed by atoms with van der Waals surface area (Å²) in [4.78, 5) is 14.4. The largest absolute Gasteiger partial charge is 0.444 e. The fourth-order valence-corrected chi connectivity index (χ4v) is 3.49. The molecular weight excluding hydrogens is 366 g/mol. The van der Waals surface area contributed by atoms with Gasteiger partial charge in [-0.1, -0.05) is 0 Å². The number of aryl methyl sites for hydroxylation is 1. The van der Waals surface area contributed by atoms with Gasteiger partial charge in [-0.05, 0) is 45.5 Å². The first kappa shape index (κ1) is 21.4. The SMILES string of the molecule is COCC(C)NC(=S)N1C[C@@H](NC(=O)OC(C)(C)C)[C@H](c2cnn(C)c2)C1. The number of aromatic nitrogens is 2. The number of amides is 1. The molecule has 0 aromatic carbocycles. The molecule has 2 heterocycles. The van der Waals surface area contributed by atoms with Crippen molar-refractivity contribution in [2.45, 2.75) is 51.3 Å². The molecule has 1 fully saturated rings. The van der Waals surface area contributed by atoms with E-state index in [-0.39, 0.29) is 18.0 Å². The first-order valence-electron chi connectivity index (χ1n) is 9.11. The standard InChI is InChI=1S/C18H31N5O3S/c1-12(11-25-6)20-16(27)23-9-14(13-7-19-22(5)8-13)15(10-23)21-17(24)26-18(2,3)4/h7-8,12,14-15H,9-11H2,1-6H3,(H,20,27)(H,21,24)/t12?,14-,15+/m0/s1. The molecule has 0 radical (unpaired) electrons. The number of hydrogen-bond acceptors (Lipinski definition) is 5. The highest BCUT2D eigenvalue weighted by molar-refractivity contribution is 7.80. The molecule has 1 aromatic heterocycles. The highest BCUT2D eigenvalue weighted by Gasteiger charge is 2.37. The zero-order valence-corrected chi connectivity index (χ0v) is 17.8. The van der Waals surface area contributed by atoms with Gasteiger partial charge in [0.2, 0.25) is 0 Å². The predicted octanol–water partition coefficient (Wildman–Crippen LogP) is 1.62. The fraction of sp³-hybridized carbons (Fsp3) is 0.722. The lowest BCUT2D eigenvalue weighted by molar-refractivity contribution is 0.0503. The maximum atomic E-state index is 12.3. The van der Waals surface area contributed by atoms with Crippen LogP contribution in [0.5, 0.6) is 0 Å². The van der Waals surface area contributed by atoms with Gasteiger partial charge in [-0.25, -0.2) is 4.79 Å². The second-order valence-corrected chi connectivity index (χ2v) is 8.40. The Kier molecular flexibility index (Phi) is 7.05. The predicted molar refractivity (Wildman–Crippen MR) is 108 cm³/mol. The number of likely N-dealkylation sites (tertiary alicyclic amines) is 1. The third kappa shape index (κ3) is 6.35. The molecule has 27 heavy (non-hydrogen) atoms. The number of nitrogens with one attached hydrogen (secondary N) is 2. The Morgan fingerprint density at radius 2 is 2.15 bits per heavy atom. The van der Waals surface area contributed by atoms with E-state index in [9.17, 15) is 4.79 Å². The molecule has 1 aromatic rings. The van der Waals surface area contributed by atoms with E-state index in [2.05, 4.69) is 20.6 Å². The lowest BCUT2D eigenvalue weighted by Gasteiger charge is -2.24. The Labute approximate surface area is 166 Å². The first-order chi connectivity index (χ1) is 12.6. The summed E-state index contributed by atoms with van der Waals surface area (Å²) in [6, 6.07) is -0.0151. The minimum atomic E-state index is -0.543. The number of hydrogen-bond donors (Lipinski definition) is 2. The number of rotatable bonds is 5. The monoisotopic (exact) mass is 397 g/mol. The summed E-state index contributed by atoms with van der Waals surface area (Å²) in [7, 11) is 3.54. The van der Waals surface area contributed by atoms with Gasteiger partial charge in [0.25, 0.3) is 0 Å². The molecule has 1 amide bonds. The van der Waals surface area contributed by atoms with Crippen molar-refractivity contribution in [2.24, 2.45) is 7.05 Å². The van der Waals surface area contributed by atoms with Gasteiger partial charge in [-0.2, -0.15) is 5.10 Å². The number of carbonyl (C=O) groups excluding carboxylic acids is 1. The smallest absolute Gasteiger partial charge is 0.407 e. The zero-order valence-electron chi connectivity index (χ0n) is 17.0. The van der Waals surface area contributed by atoms with Crippen LogP contribution in [0.1, 0.15) is 39.2 Å². The van der Waals surface area contributed by atoms with Crippen LogP contribution in [-0.4, -0.2) is 70.4 Å². The highest BCUT2D eigenvalue weighted by Crippen LogP contribution is 2.28. The molecular formula is C18H31N5O3S. The van der Waals surface area contributed by atoms with Crippen molar-refractivity contribution in [3.63, 3.8) is 0 Å². The van der Waals surface area contributed by atoms with E-state index >= 15 is 0 Å². The van der Waals surface area contributed by atoms with Gasteiger partial charge >= 0.3 is 6.09 Å². The van der Waals surface area contributed by atoms with Gasteiger partial charge in [-0.3, -0.25) is 4.68 Å². The molecule has 3 atom stereocenters. The second kappa shape index (κ2) is 8.88. The van der Waals surface area contributed by atoms with Crippen molar-refractivity contribution < 1.29 is 14.3 Å². The van der Waals surface area contributed by atoms with Crippen LogP contribution in [0.3, 0.4) is 0 Å². The van der Waals surface area contributed by atoms with E-state index in [4.69, 9.17) is 21.7 Å². The van der Waals surface area contributed by atoms with Crippen LogP contribution in [0.15, 0.2) is 12.4 Å². The Bertz CT molecular complexity index is 658. The molecule has 0 aliphatic carbocycles. The molecule has 2 rings (SSSR count). The lowest BCUT2D eigenvalue weighted by atomic mass is 9.97. The van der Waals surface area contributed by atoms with Crippen LogP contribution in [0.2, 0.25) is 0 Å². The van der Waals surface area contributed by atoms with Gasteiger partial charge in [-0.15, -0.1) is 0 Å². The summed E-state index contributed by atoms with van der Waals surface area (Å²) >= 11 is 5.56. The van der Waals surface area contributed by atoms with Crippen molar-refractivity contribution in [3.8, 4) is 0 Å². The van der Waals surface area contributed by atoms with Crippen molar-refractivity contribution in [1.82, 2.24) is 25.3 Å². The molecule has 152 valence electrons. The van der Waals surface area contributed by atoms with E-state index in [0.717, 1.165) is 5.56 Å². The molecule has 8 nitrogen and oxygen atoms in total. The summed E-state index contributed by atoms with van der Waals surface area (Å²) in [6.07, 6.45) is 3.39. The molecule has 0 bridgehead atoms. The summed E-state index contributed by atoms with van der Waals surface area (Å²) in [5, 5.41) is 11.2. The number of nitrogens with zero attached hydrogens (tertiary/aromatic N) is 3. The van der Waals surface area contributed by atoms with Gasteiger partial charge < -0.3 is 25.0 Å². The third-order valence-electron chi connectivity index (χ3n) is 4.25. The number of carbonyl (C=O) groups is 1. The summed E-state index contributed by atoms with van der Waals surface area (Å²) in [5.41, 5.74) is 0.521. The van der Waals surface area contributed by atoms with E-state index in [0.29, 0.717) is 24.8 Å². The van der Waals surface area contributed by atoms with Crippen molar-refractivity contribution >= 4 is 23.4 Å². The molecule has 0 saturated carbocycles. The Balaban J connectivity index is 2.09. The molecule has 1 aliphatic rings. The maximum Gasteiger partial charge on any atom is 0.407 e. The van der Waals surface area contributed by atoms with Crippen LogP contribution in [0.25, 0.3) is 0 Å². The zero-order chi connectivity index (χ0) is 20.2. The van der Waals surface area contributed by atoms with E-state index in [1.165, 1.54) is 0 Å². The molecule has 1 aliphatic heterocycles. The Morgan fingerprint density at radius 1 is 1.44 bits per heavy atom. The van der Waals surface area contributed by atoms with Gasteiger partial charge in [0, 0.05) is 45.4 Å². The van der Waals surface area contributed by atoms with Gasteiger partial charge in [0.1, 0.15) is 5.60 Å². The number of alkyl carbamates (subject to hydrolysis) is 1. The number of ether oxygens (including phenoxy) is 2. The molecule has 0 spiro atoms. The normalized spacial score (nSPS) is 21.0. The summed E-state index contributed by atoms with van der Waals surface area (Å²) in [6.45, 7) is 9.43. The quantitative estimate of drug-likeness (QED) is 0.731. The maximum absolute atomic E-state index is 12.3. The molecule has 9 heteroatoms. The van der Waals surface area contributed by atoms with Crippen molar-refractivity contribution in [3.05, 3.63) is 18.0 Å². The van der Waals surface area contributed by atoms with Crippen molar-refractivity contribution in [2.75, 3.05) is 26.8 Å². The fourth-order valence-electron chi connectivity index (χ4n) is 3.14. The summed E-state index contributed by atoms with van der Waals surface area (Å²) < 4.78 is 12.3. The second-order valence-electron chi connectivity index (χ2n) is 8.02. The molecule has 1 saturated heterocycles. The van der Waals surface area contributed by atoms with Crippen LogP contribution in [0.4, 0.5) is 4.79 Å². The average Bonchev–Trinajstić information content (AvgIpc) is 3.11. The first-order valence-corrected chi connectivity index (χ1v) is 9.52. The number of thiocarbonyl (C=S) groups is 1. The molecule has 1 unspecified atom stereocenters. The van der Waals surface area contributed by atoms with E-state index in [1.807, 2.05) is 47.1 Å². The van der Waals surface area contributed by atoms with E-state index < -0.39 is 11.7 Å². The van der Waals surface area contributed by atoms with Crippen LogP contribution >= 0.6 is 12.2 Å².